The number of hydrogen-bond donors (Lipinski definition) is 1. The molecule has 0 heterocycles. The summed E-state index contributed by atoms with van der Waals surface area (Å²) in [6.45, 7) is 12.9. The Morgan fingerprint density at radius 2 is 1.60 bits per heavy atom. The van der Waals surface area contributed by atoms with Crippen LogP contribution in [0.5, 0.6) is 0 Å². The van der Waals surface area contributed by atoms with Crippen molar-refractivity contribution < 1.29 is 14.6 Å². The Balaban J connectivity index is 3.88. The summed E-state index contributed by atoms with van der Waals surface area (Å²) in [6.07, 6.45) is -0.0605. The van der Waals surface area contributed by atoms with Crippen molar-refractivity contribution in [1.82, 2.24) is 0 Å². The van der Waals surface area contributed by atoms with Crippen molar-refractivity contribution in [3.05, 3.63) is 0 Å². The van der Waals surface area contributed by atoms with Crippen molar-refractivity contribution in [3.63, 3.8) is 0 Å². The molecule has 0 aromatic heterocycles. The second-order valence-electron chi connectivity index (χ2n) is 5.01. The first kappa shape index (κ1) is 14.9. The van der Waals surface area contributed by atoms with Gasteiger partial charge in [-0.15, -0.1) is 0 Å². The maximum atomic E-state index is 8.80. The fraction of sp³-hybridized carbons (Fsp3) is 1.00. The molecule has 3 nitrogen and oxygen atoms in total. The van der Waals surface area contributed by atoms with Crippen molar-refractivity contribution >= 4 is 0 Å². The predicted molar refractivity (Wildman–Crippen MR) is 62.0 cm³/mol. The average molecular weight is 218 g/mol. The number of ether oxygens (including phenoxy) is 2. The van der Waals surface area contributed by atoms with E-state index >= 15 is 0 Å². The van der Waals surface area contributed by atoms with Gasteiger partial charge >= 0.3 is 0 Å². The molecule has 2 atom stereocenters. The number of rotatable bonds is 7. The maximum absolute atomic E-state index is 8.80. The van der Waals surface area contributed by atoms with E-state index in [-0.39, 0.29) is 24.4 Å². The van der Waals surface area contributed by atoms with Crippen LogP contribution in [-0.2, 0) is 9.47 Å². The van der Waals surface area contributed by atoms with Gasteiger partial charge in [-0.2, -0.15) is 0 Å². The first-order valence-electron chi connectivity index (χ1n) is 5.70. The normalized spacial score (nSPS) is 16.8. The zero-order valence-corrected chi connectivity index (χ0v) is 10.9. The van der Waals surface area contributed by atoms with Gasteiger partial charge in [0, 0.05) is 0 Å². The van der Waals surface area contributed by atoms with E-state index in [9.17, 15) is 0 Å². The third-order valence-electron chi connectivity index (χ3n) is 2.77. The van der Waals surface area contributed by atoms with Gasteiger partial charge in [0.05, 0.1) is 31.0 Å². The Morgan fingerprint density at radius 1 is 1.07 bits per heavy atom. The zero-order valence-electron chi connectivity index (χ0n) is 10.9. The second kappa shape index (κ2) is 6.46. The van der Waals surface area contributed by atoms with Gasteiger partial charge in [0.25, 0.3) is 0 Å². The maximum Gasteiger partial charge on any atom is 0.0788 e. The van der Waals surface area contributed by atoms with Crippen LogP contribution in [0.25, 0.3) is 0 Å². The van der Waals surface area contributed by atoms with Crippen LogP contribution >= 0.6 is 0 Å². The zero-order chi connectivity index (χ0) is 12.1. The average Bonchev–Trinajstić information content (AvgIpc) is 2.13. The molecule has 0 amide bonds. The molecular weight excluding hydrogens is 192 g/mol. The second-order valence-corrected chi connectivity index (χ2v) is 5.01. The number of aliphatic hydroxyl groups excluding tert-OH is 1. The van der Waals surface area contributed by atoms with Gasteiger partial charge in [-0.1, -0.05) is 13.8 Å². The smallest absolute Gasteiger partial charge is 0.0788 e. The summed E-state index contributed by atoms with van der Waals surface area (Å²) in [5.41, 5.74) is -0.134. The molecule has 0 aliphatic heterocycles. The molecule has 15 heavy (non-hydrogen) atoms. The summed E-state index contributed by atoms with van der Waals surface area (Å²) in [6, 6.07) is 0. The molecule has 0 rings (SSSR count). The molecule has 2 unspecified atom stereocenters. The molecule has 92 valence electrons. The topological polar surface area (TPSA) is 38.7 Å². The fourth-order valence-corrected chi connectivity index (χ4v) is 1.04. The molecular formula is C12H26O3. The van der Waals surface area contributed by atoms with Crippen molar-refractivity contribution in [1.29, 1.82) is 0 Å². The van der Waals surface area contributed by atoms with Crippen molar-refractivity contribution in [3.8, 4) is 0 Å². The molecule has 0 spiro atoms. The van der Waals surface area contributed by atoms with E-state index in [0.717, 1.165) is 0 Å². The molecule has 0 aliphatic rings. The van der Waals surface area contributed by atoms with E-state index in [4.69, 9.17) is 14.6 Å². The van der Waals surface area contributed by atoms with Crippen LogP contribution in [0.3, 0.4) is 0 Å². The summed E-state index contributed by atoms with van der Waals surface area (Å²) in [5.74, 6) is 0.468. The highest BCUT2D eigenvalue weighted by Crippen LogP contribution is 2.22. The van der Waals surface area contributed by atoms with Gasteiger partial charge in [0.1, 0.15) is 0 Å². The quantitative estimate of drug-likeness (QED) is 0.712. The summed E-state index contributed by atoms with van der Waals surface area (Å²) in [5, 5.41) is 8.80. The predicted octanol–water partition coefficient (Wildman–Crippen LogP) is 2.22. The third kappa shape index (κ3) is 6.13. The van der Waals surface area contributed by atoms with Crippen LogP contribution in [-0.4, -0.2) is 36.1 Å². The molecule has 0 fully saturated rings. The van der Waals surface area contributed by atoms with Crippen LogP contribution < -0.4 is 0 Å². The van der Waals surface area contributed by atoms with E-state index in [1.165, 1.54) is 0 Å². The molecule has 0 aliphatic carbocycles. The third-order valence-corrected chi connectivity index (χ3v) is 2.77. The molecule has 0 saturated carbocycles. The van der Waals surface area contributed by atoms with Gasteiger partial charge in [-0.25, -0.2) is 0 Å². The Labute approximate surface area is 93.8 Å². The molecule has 0 aromatic rings. The summed E-state index contributed by atoms with van der Waals surface area (Å²) in [7, 11) is 0. The van der Waals surface area contributed by atoms with Crippen molar-refractivity contribution in [2.45, 2.75) is 59.4 Å². The largest absolute Gasteiger partial charge is 0.394 e. The van der Waals surface area contributed by atoms with E-state index in [2.05, 4.69) is 27.7 Å². The molecule has 0 radical (unpaired) electrons. The van der Waals surface area contributed by atoms with Crippen molar-refractivity contribution in [2.75, 3.05) is 13.2 Å². The summed E-state index contributed by atoms with van der Waals surface area (Å²) in [4.78, 5) is 0. The van der Waals surface area contributed by atoms with E-state index in [1.807, 2.05) is 13.8 Å². The Hall–Kier alpha value is -0.120. The van der Waals surface area contributed by atoms with Gasteiger partial charge in [-0.05, 0) is 33.6 Å². The van der Waals surface area contributed by atoms with E-state index in [0.29, 0.717) is 12.5 Å². The SMILES string of the molecule is CC(CO)OCC(C)OC(C)(C)C(C)C. The number of hydrogen-bond acceptors (Lipinski definition) is 3. The minimum atomic E-state index is -0.134. The van der Waals surface area contributed by atoms with Crippen LogP contribution in [0.1, 0.15) is 41.5 Å². The van der Waals surface area contributed by atoms with Crippen LogP contribution in [0.4, 0.5) is 0 Å². The van der Waals surface area contributed by atoms with Crippen molar-refractivity contribution in [2.24, 2.45) is 5.92 Å². The molecule has 0 aromatic carbocycles. The van der Waals surface area contributed by atoms with E-state index in [1.54, 1.807) is 0 Å². The molecule has 0 saturated heterocycles. The first-order chi connectivity index (χ1) is 6.79. The van der Waals surface area contributed by atoms with Gasteiger partial charge in [0.2, 0.25) is 0 Å². The summed E-state index contributed by atoms with van der Waals surface area (Å²) < 4.78 is 11.3. The van der Waals surface area contributed by atoms with Gasteiger partial charge in [-0.3, -0.25) is 0 Å². The van der Waals surface area contributed by atoms with Crippen LogP contribution in [0.2, 0.25) is 0 Å². The first-order valence-corrected chi connectivity index (χ1v) is 5.70. The van der Waals surface area contributed by atoms with E-state index < -0.39 is 0 Å². The monoisotopic (exact) mass is 218 g/mol. The Bertz CT molecular complexity index is 166. The Morgan fingerprint density at radius 3 is 2.00 bits per heavy atom. The minimum Gasteiger partial charge on any atom is -0.394 e. The molecule has 3 heteroatoms. The Kier molecular flexibility index (Phi) is 6.41. The van der Waals surface area contributed by atoms with Gasteiger partial charge < -0.3 is 14.6 Å². The van der Waals surface area contributed by atoms with Gasteiger partial charge in [0.15, 0.2) is 0 Å². The minimum absolute atomic E-state index is 0.0522. The highest BCUT2D eigenvalue weighted by atomic mass is 16.6. The lowest BCUT2D eigenvalue weighted by molar-refractivity contribution is -0.125. The van der Waals surface area contributed by atoms with Crippen LogP contribution in [0, 0.1) is 5.92 Å². The standard InChI is InChI=1S/C12H26O3/c1-9(2)12(5,6)15-11(4)8-14-10(3)7-13/h9-11,13H,7-8H2,1-6H3. The lowest BCUT2D eigenvalue weighted by Gasteiger charge is -2.33. The lowest BCUT2D eigenvalue weighted by atomic mass is 9.94. The van der Waals surface area contributed by atoms with Crippen LogP contribution in [0.15, 0.2) is 0 Å². The highest BCUT2D eigenvalue weighted by molar-refractivity contribution is 4.74. The molecule has 0 bridgehead atoms. The summed E-state index contributed by atoms with van der Waals surface area (Å²) >= 11 is 0. The highest BCUT2D eigenvalue weighted by Gasteiger charge is 2.25. The lowest BCUT2D eigenvalue weighted by Crippen LogP contribution is -2.37. The molecule has 1 N–H and O–H groups in total. The fourth-order valence-electron chi connectivity index (χ4n) is 1.04. The number of aliphatic hydroxyl groups is 1.